The quantitative estimate of drug-likeness (QED) is 0.654. The van der Waals surface area contributed by atoms with Crippen molar-refractivity contribution in [1.82, 2.24) is 0 Å². The van der Waals surface area contributed by atoms with Gasteiger partial charge < -0.3 is 4.74 Å². The molecular formula is C13H24O2. The van der Waals surface area contributed by atoms with Crippen LogP contribution in [0.25, 0.3) is 0 Å². The van der Waals surface area contributed by atoms with Crippen molar-refractivity contribution in [3.63, 3.8) is 0 Å². The molecule has 15 heavy (non-hydrogen) atoms. The molecule has 88 valence electrons. The van der Waals surface area contributed by atoms with E-state index in [9.17, 15) is 4.79 Å². The molecule has 0 radical (unpaired) electrons. The number of ether oxygens (including phenoxy) is 1. The van der Waals surface area contributed by atoms with Crippen molar-refractivity contribution in [3.8, 4) is 0 Å². The highest BCUT2D eigenvalue weighted by Gasteiger charge is 2.34. The first kappa shape index (κ1) is 12.5. The molecule has 1 rings (SSSR count). The second-order valence-corrected chi connectivity index (χ2v) is 6.76. The zero-order chi connectivity index (χ0) is 11.7. The maximum Gasteiger partial charge on any atom is 0.306 e. The molecule has 0 aromatic rings. The van der Waals surface area contributed by atoms with Crippen LogP contribution in [0.1, 0.15) is 60.3 Å². The van der Waals surface area contributed by atoms with Gasteiger partial charge in [0, 0.05) is 0 Å². The lowest BCUT2D eigenvalue weighted by molar-refractivity contribution is -0.161. The maximum atomic E-state index is 11.4. The van der Waals surface area contributed by atoms with Gasteiger partial charge in [0.1, 0.15) is 6.10 Å². The van der Waals surface area contributed by atoms with E-state index in [2.05, 4.69) is 34.6 Å². The SMILES string of the molecule is CC(C)(C)CCC1CC(C)(C)CC(=O)O1. The molecule has 0 aromatic heterocycles. The monoisotopic (exact) mass is 212 g/mol. The third-order valence-electron chi connectivity index (χ3n) is 2.92. The Morgan fingerprint density at radius 3 is 2.47 bits per heavy atom. The minimum absolute atomic E-state index is 0.0230. The lowest BCUT2D eigenvalue weighted by Crippen LogP contribution is -2.35. The molecule has 1 fully saturated rings. The largest absolute Gasteiger partial charge is 0.462 e. The van der Waals surface area contributed by atoms with Crippen molar-refractivity contribution in [2.45, 2.75) is 66.4 Å². The Balaban J connectivity index is 2.46. The summed E-state index contributed by atoms with van der Waals surface area (Å²) in [5.41, 5.74) is 0.450. The summed E-state index contributed by atoms with van der Waals surface area (Å²) >= 11 is 0. The lowest BCUT2D eigenvalue weighted by atomic mass is 9.79. The van der Waals surface area contributed by atoms with Gasteiger partial charge in [0.05, 0.1) is 6.42 Å². The highest BCUT2D eigenvalue weighted by Crippen LogP contribution is 2.35. The molecule has 0 saturated carbocycles. The number of rotatable bonds is 2. The first-order valence-electron chi connectivity index (χ1n) is 5.87. The van der Waals surface area contributed by atoms with Crippen molar-refractivity contribution in [1.29, 1.82) is 0 Å². The molecular weight excluding hydrogens is 188 g/mol. The van der Waals surface area contributed by atoms with Crippen LogP contribution in [0.15, 0.2) is 0 Å². The van der Waals surface area contributed by atoms with E-state index in [-0.39, 0.29) is 17.5 Å². The van der Waals surface area contributed by atoms with Crippen LogP contribution in [0.2, 0.25) is 0 Å². The van der Waals surface area contributed by atoms with Gasteiger partial charge in [-0.05, 0) is 30.1 Å². The molecule has 0 aromatic carbocycles. The minimum Gasteiger partial charge on any atom is -0.462 e. The molecule has 1 heterocycles. The average molecular weight is 212 g/mol. The molecule has 1 aliphatic heterocycles. The third-order valence-corrected chi connectivity index (χ3v) is 2.92. The number of carbonyl (C=O) groups excluding carboxylic acids is 1. The number of hydrogen-bond donors (Lipinski definition) is 0. The smallest absolute Gasteiger partial charge is 0.306 e. The van der Waals surface area contributed by atoms with Crippen LogP contribution in [0.3, 0.4) is 0 Å². The maximum absolute atomic E-state index is 11.4. The standard InChI is InChI=1S/C13H24O2/c1-12(2,3)7-6-10-8-13(4,5)9-11(14)15-10/h10H,6-9H2,1-5H3. The van der Waals surface area contributed by atoms with Gasteiger partial charge in [-0.3, -0.25) is 4.79 Å². The Kier molecular flexibility index (Phi) is 3.47. The molecule has 1 atom stereocenters. The molecule has 1 aliphatic rings. The van der Waals surface area contributed by atoms with Crippen LogP contribution in [-0.2, 0) is 9.53 Å². The number of hydrogen-bond acceptors (Lipinski definition) is 2. The summed E-state index contributed by atoms with van der Waals surface area (Å²) in [5, 5.41) is 0. The fraction of sp³-hybridized carbons (Fsp3) is 0.923. The topological polar surface area (TPSA) is 26.3 Å². The summed E-state index contributed by atoms with van der Waals surface area (Å²) in [4.78, 5) is 11.4. The van der Waals surface area contributed by atoms with Gasteiger partial charge in [0.15, 0.2) is 0 Å². The fourth-order valence-electron chi connectivity index (χ4n) is 2.10. The van der Waals surface area contributed by atoms with Crippen LogP contribution in [0.4, 0.5) is 0 Å². The molecule has 0 aliphatic carbocycles. The predicted molar refractivity (Wildman–Crippen MR) is 61.6 cm³/mol. The highest BCUT2D eigenvalue weighted by atomic mass is 16.5. The van der Waals surface area contributed by atoms with Crippen LogP contribution in [0, 0.1) is 10.8 Å². The molecule has 1 unspecified atom stereocenters. The van der Waals surface area contributed by atoms with Gasteiger partial charge in [-0.1, -0.05) is 34.6 Å². The number of cyclic esters (lactones) is 1. The molecule has 2 heteroatoms. The molecule has 0 N–H and O–H groups in total. The van der Waals surface area contributed by atoms with E-state index in [0.29, 0.717) is 11.8 Å². The second-order valence-electron chi connectivity index (χ2n) is 6.76. The summed E-state index contributed by atoms with van der Waals surface area (Å²) in [6, 6.07) is 0. The van der Waals surface area contributed by atoms with Crippen LogP contribution in [-0.4, -0.2) is 12.1 Å². The summed E-state index contributed by atoms with van der Waals surface area (Å²) < 4.78 is 5.38. The van der Waals surface area contributed by atoms with Gasteiger partial charge in [-0.15, -0.1) is 0 Å². The number of carbonyl (C=O) groups is 1. The Morgan fingerprint density at radius 2 is 2.00 bits per heavy atom. The Morgan fingerprint density at radius 1 is 1.40 bits per heavy atom. The average Bonchev–Trinajstić information content (AvgIpc) is 1.95. The first-order valence-corrected chi connectivity index (χ1v) is 5.87. The van der Waals surface area contributed by atoms with E-state index in [1.165, 1.54) is 0 Å². The van der Waals surface area contributed by atoms with Gasteiger partial charge in [0.25, 0.3) is 0 Å². The Bertz CT molecular complexity index is 235. The third kappa shape index (κ3) is 4.67. The summed E-state index contributed by atoms with van der Waals surface area (Å²) in [5.74, 6) is -0.0230. The van der Waals surface area contributed by atoms with Gasteiger partial charge in [-0.25, -0.2) is 0 Å². The van der Waals surface area contributed by atoms with E-state index < -0.39 is 0 Å². The van der Waals surface area contributed by atoms with E-state index in [1.807, 2.05) is 0 Å². The van der Waals surface area contributed by atoms with Crippen molar-refractivity contribution in [2.24, 2.45) is 10.8 Å². The van der Waals surface area contributed by atoms with Gasteiger partial charge in [0.2, 0.25) is 0 Å². The van der Waals surface area contributed by atoms with Gasteiger partial charge >= 0.3 is 5.97 Å². The summed E-state index contributed by atoms with van der Waals surface area (Å²) in [7, 11) is 0. The summed E-state index contributed by atoms with van der Waals surface area (Å²) in [6.45, 7) is 11.0. The van der Waals surface area contributed by atoms with E-state index in [1.54, 1.807) is 0 Å². The van der Waals surface area contributed by atoms with E-state index in [4.69, 9.17) is 4.74 Å². The number of esters is 1. The normalized spacial score (nSPS) is 26.2. The van der Waals surface area contributed by atoms with Crippen LogP contribution >= 0.6 is 0 Å². The highest BCUT2D eigenvalue weighted by molar-refractivity contribution is 5.71. The predicted octanol–water partition coefficient (Wildman–Crippen LogP) is 3.54. The Hall–Kier alpha value is -0.530. The second kappa shape index (κ2) is 4.15. The molecule has 2 nitrogen and oxygen atoms in total. The fourth-order valence-corrected chi connectivity index (χ4v) is 2.10. The molecule has 0 amide bonds. The van der Waals surface area contributed by atoms with Crippen molar-refractivity contribution in [2.75, 3.05) is 0 Å². The molecule has 1 saturated heterocycles. The molecule has 0 spiro atoms. The lowest BCUT2D eigenvalue weighted by Gasteiger charge is -2.35. The van der Waals surface area contributed by atoms with Crippen molar-refractivity contribution in [3.05, 3.63) is 0 Å². The van der Waals surface area contributed by atoms with Crippen molar-refractivity contribution < 1.29 is 9.53 Å². The first-order chi connectivity index (χ1) is 6.68. The van der Waals surface area contributed by atoms with Gasteiger partial charge in [-0.2, -0.15) is 0 Å². The Labute approximate surface area is 93.4 Å². The van der Waals surface area contributed by atoms with Crippen LogP contribution < -0.4 is 0 Å². The molecule has 0 bridgehead atoms. The van der Waals surface area contributed by atoms with E-state index in [0.717, 1.165) is 19.3 Å². The van der Waals surface area contributed by atoms with E-state index >= 15 is 0 Å². The minimum atomic E-state index is -0.0230. The zero-order valence-corrected chi connectivity index (χ0v) is 10.7. The van der Waals surface area contributed by atoms with Crippen molar-refractivity contribution >= 4 is 5.97 Å². The van der Waals surface area contributed by atoms with Crippen LogP contribution in [0.5, 0.6) is 0 Å². The summed E-state index contributed by atoms with van der Waals surface area (Å²) in [6.07, 6.45) is 3.83. The zero-order valence-electron chi connectivity index (χ0n) is 10.7.